The van der Waals surface area contributed by atoms with Crippen LogP contribution in [0.15, 0.2) is 63.3 Å². The minimum Gasteiger partial charge on any atom is -0.506 e. The molecular weight excluding hydrogens is 738 g/mol. The largest absolute Gasteiger partial charge is 0.506 e. The fourth-order valence-electron chi connectivity index (χ4n) is 6.70. The van der Waals surface area contributed by atoms with Crippen molar-refractivity contribution >= 4 is 44.8 Å². The second-order valence-electron chi connectivity index (χ2n) is 13.8. The second kappa shape index (κ2) is 17.3. The van der Waals surface area contributed by atoms with Crippen molar-refractivity contribution in [3.8, 4) is 5.75 Å². The molecule has 0 radical (unpaired) electrons. The van der Waals surface area contributed by atoms with Crippen LogP contribution in [0.4, 0.5) is 4.39 Å². The number of furan rings is 1. The van der Waals surface area contributed by atoms with Crippen LogP contribution < -0.4 is 10.2 Å². The average Bonchev–Trinajstić information content (AvgIpc) is 3.95. The fraction of sp³-hybridized carbons (Fsp3) is 0.421. The Balaban J connectivity index is 0.000000552. The zero-order chi connectivity index (χ0) is 38.4. The number of carboxylic acids is 1. The SMILES string of the molecule is CC(C)c1nc(C(=O)N2CCOC3(CCN(Cc4ccc(F)c(CCNC[C@H](O)c5ccc(O)c6[nH]c(=O)sc56)c4)CC3)C2)cs1.O=C(O)c1ccco1. The Labute approximate surface area is 319 Å². The number of amides is 1. The van der Waals surface area contributed by atoms with Gasteiger partial charge in [0.15, 0.2) is 0 Å². The second-order valence-corrected chi connectivity index (χ2v) is 15.7. The van der Waals surface area contributed by atoms with Crippen LogP contribution in [0.1, 0.15) is 81.5 Å². The summed E-state index contributed by atoms with van der Waals surface area (Å²) in [4.78, 5) is 46.1. The molecule has 5 aromatic rings. The molecule has 0 aliphatic carbocycles. The number of morpholine rings is 1. The molecule has 3 aromatic heterocycles. The summed E-state index contributed by atoms with van der Waals surface area (Å²) in [5.41, 5.74) is 2.69. The summed E-state index contributed by atoms with van der Waals surface area (Å²) in [6.45, 7) is 8.84. The molecule has 5 heterocycles. The van der Waals surface area contributed by atoms with Crippen LogP contribution in [-0.2, 0) is 17.7 Å². The Morgan fingerprint density at radius 2 is 1.94 bits per heavy atom. The molecule has 5 N–H and O–H groups in total. The van der Waals surface area contributed by atoms with Gasteiger partial charge in [-0.15, -0.1) is 11.3 Å². The summed E-state index contributed by atoms with van der Waals surface area (Å²) < 4.78 is 26.0. The third kappa shape index (κ3) is 9.43. The number of carboxylic acid groups (broad SMARTS) is 1. The average molecular weight is 782 g/mol. The van der Waals surface area contributed by atoms with Crippen molar-refractivity contribution < 1.29 is 38.5 Å². The van der Waals surface area contributed by atoms with Gasteiger partial charge in [-0.25, -0.2) is 14.2 Å². The molecule has 16 heteroatoms. The molecule has 288 valence electrons. The lowest BCUT2D eigenvalue weighted by molar-refractivity contribution is -0.128. The molecular formula is C38H44FN5O8S2. The van der Waals surface area contributed by atoms with Crippen molar-refractivity contribution in [1.82, 2.24) is 25.1 Å². The minimum atomic E-state index is -1.03. The number of aliphatic hydroxyl groups is 1. The highest BCUT2D eigenvalue weighted by atomic mass is 32.1. The number of thiazole rings is 2. The molecule has 2 aliphatic rings. The monoisotopic (exact) mass is 781 g/mol. The number of aromatic hydroxyl groups is 1. The predicted molar refractivity (Wildman–Crippen MR) is 203 cm³/mol. The van der Waals surface area contributed by atoms with Crippen molar-refractivity contribution in [3.05, 3.63) is 103 Å². The molecule has 54 heavy (non-hydrogen) atoms. The van der Waals surface area contributed by atoms with Crippen LogP contribution in [0.3, 0.4) is 0 Å². The molecule has 2 aliphatic heterocycles. The summed E-state index contributed by atoms with van der Waals surface area (Å²) in [5.74, 6) is -1.08. The number of nitrogens with zero attached hydrogens (tertiary/aromatic N) is 3. The Kier molecular flexibility index (Phi) is 12.6. The van der Waals surface area contributed by atoms with E-state index in [0.29, 0.717) is 72.2 Å². The first-order valence-corrected chi connectivity index (χ1v) is 19.5. The Morgan fingerprint density at radius 1 is 1.15 bits per heavy atom. The lowest BCUT2D eigenvalue weighted by Crippen LogP contribution is -2.58. The third-order valence-electron chi connectivity index (χ3n) is 9.64. The van der Waals surface area contributed by atoms with E-state index in [9.17, 15) is 29.0 Å². The van der Waals surface area contributed by atoms with Gasteiger partial charge < -0.3 is 39.7 Å². The number of fused-ring (bicyclic) bond motifs is 1. The van der Waals surface area contributed by atoms with E-state index in [-0.39, 0.29) is 40.3 Å². The summed E-state index contributed by atoms with van der Waals surface area (Å²) in [7, 11) is 0. The highest BCUT2D eigenvalue weighted by molar-refractivity contribution is 7.16. The number of carbonyl (C=O) groups excluding carboxylic acids is 1. The van der Waals surface area contributed by atoms with Gasteiger partial charge in [0.1, 0.15) is 22.8 Å². The number of nitrogens with one attached hydrogen (secondary N) is 2. The smallest absolute Gasteiger partial charge is 0.371 e. The lowest BCUT2D eigenvalue weighted by Gasteiger charge is -2.47. The van der Waals surface area contributed by atoms with Crippen molar-refractivity contribution in [1.29, 1.82) is 0 Å². The van der Waals surface area contributed by atoms with Gasteiger partial charge in [0.25, 0.3) is 5.91 Å². The number of piperidine rings is 1. The third-order valence-corrected chi connectivity index (χ3v) is 11.7. The van der Waals surface area contributed by atoms with E-state index in [4.69, 9.17) is 9.84 Å². The number of likely N-dealkylation sites (tertiary alicyclic amines) is 1. The van der Waals surface area contributed by atoms with Gasteiger partial charge in [-0.05, 0) is 61.2 Å². The predicted octanol–water partition coefficient (Wildman–Crippen LogP) is 5.36. The number of phenols is 1. The summed E-state index contributed by atoms with van der Waals surface area (Å²) in [6, 6.07) is 11.2. The molecule has 13 nitrogen and oxygen atoms in total. The maximum Gasteiger partial charge on any atom is 0.371 e. The molecule has 0 unspecified atom stereocenters. The number of ether oxygens (including phenoxy) is 1. The molecule has 1 amide bonds. The minimum absolute atomic E-state index is 0.0206. The van der Waals surface area contributed by atoms with E-state index in [0.717, 1.165) is 47.8 Å². The van der Waals surface area contributed by atoms with E-state index in [1.54, 1.807) is 6.07 Å². The quantitative estimate of drug-likeness (QED) is 0.109. The van der Waals surface area contributed by atoms with E-state index in [2.05, 4.69) is 38.4 Å². The van der Waals surface area contributed by atoms with Crippen LogP contribution in [0.5, 0.6) is 5.75 Å². The number of carbonyl (C=O) groups is 2. The number of rotatable bonds is 11. The summed E-state index contributed by atoms with van der Waals surface area (Å²) >= 11 is 2.48. The normalized spacial score (nSPS) is 16.4. The number of hydrogen-bond acceptors (Lipinski definition) is 12. The number of H-pyrrole nitrogens is 1. The van der Waals surface area contributed by atoms with E-state index in [1.165, 1.54) is 41.9 Å². The van der Waals surface area contributed by atoms with E-state index >= 15 is 0 Å². The number of phenolic OH excluding ortho intramolecular Hbond substituents is 1. The molecule has 0 bridgehead atoms. The number of aromatic amines is 1. The van der Waals surface area contributed by atoms with Gasteiger partial charge in [0.05, 0.1) is 40.8 Å². The molecule has 2 aromatic carbocycles. The van der Waals surface area contributed by atoms with Gasteiger partial charge in [0, 0.05) is 49.6 Å². The summed E-state index contributed by atoms with van der Waals surface area (Å²) in [5, 5.41) is 34.9. The number of hydrogen-bond donors (Lipinski definition) is 5. The number of aliphatic hydroxyl groups excluding tert-OH is 1. The molecule has 0 saturated carbocycles. The van der Waals surface area contributed by atoms with Gasteiger partial charge >= 0.3 is 10.8 Å². The zero-order valence-electron chi connectivity index (χ0n) is 30.0. The fourth-order valence-corrected chi connectivity index (χ4v) is 8.43. The molecule has 7 rings (SSSR count). The first-order valence-electron chi connectivity index (χ1n) is 17.8. The Bertz CT molecular complexity index is 2110. The van der Waals surface area contributed by atoms with Gasteiger partial charge in [-0.3, -0.25) is 14.5 Å². The summed E-state index contributed by atoms with van der Waals surface area (Å²) in [6.07, 6.45) is 2.52. The number of halogens is 1. The van der Waals surface area contributed by atoms with Crippen LogP contribution in [0.25, 0.3) is 10.2 Å². The van der Waals surface area contributed by atoms with Gasteiger partial charge in [-0.1, -0.05) is 43.4 Å². The highest BCUT2D eigenvalue weighted by Crippen LogP contribution is 2.33. The highest BCUT2D eigenvalue weighted by Gasteiger charge is 2.41. The van der Waals surface area contributed by atoms with Gasteiger partial charge in [0.2, 0.25) is 5.76 Å². The maximum absolute atomic E-state index is 14.7. The van der Waals surface area contributed by atoms with Crippen LogP contribution >= 0.6 is 22.7 Å². The van der Waals surface area contributed by atoms with Crippen molar-refractivity contribution in [3.63, 3.8) is 0 Å². The van der Waals surface area contributed by atoms with Crippen molar-refractivity contribution in [2.45, 2.75) is 57.3 Å². The number of aromatic carboxylic acids is 1. The molecule has 2 fully saturated rings. The van der Waals surface area contributed by atoms with Crippen LogP contribution in [-0.4, -0.2) is 98.4 Å². The zero-order valence-corrected chi connectivity index (χ0v) is 31.7. The first kappa shape index (κ1) is 39.2. The van der Waals surface area contributed by atoms with Crippen molar-refractivity contribution in [2.24, 2.45) is 0 Å². The Morgan fingerprint density at radius 3 is 2.63 bits per heavy atom. The van der Waals surface area contributed by atoms with Gasteiger partial charge in [-0.2, -0.15) is 0 Å². The van der Waals surface area contributed by atoms with Crippen LogP contribution in [0, 0.1) is 5.82 Å². The first-order chi connectivity index (χ1) is 25.9. The lowest BCUT2D eigenvalue weighted by atomic mass is 9.89. The standard InChI is InChI=1S/C33H40FN5O5S2.C5H4O3/c1-20(2)30-36-25(18-45-30)31(42)39-13-14-44-33(19-39)8-11-38(12-9-33)17-21-3-5-24(34)22(15-21)7-10-35-16-27(41)23-4-6-26(40)28-29(23)46-32(43)37-28;6-5(7)4-2-1-3-8-4/h3-6,15,18,20,27,35,40-41H,7-14,16-17,19H2,1-2H3,(H,37,43);1-3H,(H,6,7)/t27-;/m0./s1. The van der Waals surface area contributed by atoms with Crippen LogP contribution in [0.2, 0.25) is 0 Å². The van der Waals surface area contributed by atoms with Crippen molar-refractivity contribution in [2.75, 3.05) is 45.9 Å². The maximum atomic E-state index is 14.7. The Hall–Kier alpha value is -4.45. The molecule has 2 saturated heterocycles. The number of aromatic nitrogens is 2. The number of benzene rings is 2. The topological polar surface area (TPSA) is 181 Å². The molecule has 1 spiro atoms. The molecule has 1 atom stereocenters. The van der Waals surface area contributed by atoms with E-state index in [1.807, 2.05) is 22.4 Å². The van der Waals surface area contributed by atoms with E-state index < -0.39 is 12.1 Å².